The number of carbonyl (C=O) groups excluding carboxylic acids is 1. The first-order chi connectivity index (χ1) is 9.88. The summed E-state index contributed by atoms with van der Waals surface area (Å²) in [7, 11) is 0.485. The summed E-state index contributed by atoms with van der Waals surface area (Å²) in [6.45, 7) is 11.0. The maximum Gasteiger partial charge on any atom is 0.431 e. The van der Waals surface area contributed by atoms with Crippen molar-refractivity contribution in [3.05, 3.63) is 0 Å². The van der Waals surface area contributed by atoms with Crippen LogP contribution >= 0.6 is 0 Å². The van der Waals surface area contributed by atoms with Crippen molar-refractivity contribution >= 4 is 25.6 Å². The summed E-state index contributed by atoms with van der Waals surface area (Å²) >= 11 is 0. The van der Waals surface area contributed by atoms with Crippen molar-refractivity contribution in [2.24, 2.45) is 15.8 Å². The van der Waals surface area contributed by atoms with Crippen molar-refractivity contribution in [1.29, 1.82) is 0 Å². The molecule has 0 atom stereocenters. The van der Waals surface area contributed by atoms with E-state index in [4.69, 9.17) is 13.6 Å². The maximum absolute atomic E-state index is 11.3. The SMILES string of the molecule is CCOC(=O)N(C)N=NCCC(C)(C)C(O[SiH2]C)O[SiH2]C. The molecule has 124 valence electrons. The summed E-state index contributed by atoms with van der Waals surface area (Å²) in [6.07, 6.45) is 0.128. The molecule has 0 aromatic carbocycles. The quantitative estimate of drug-likeness (QED) is 0.262. The zero-order chi connectivity index (χ0) is 16.3. The first-order valence-electron chi connectivity index (χ1n) is 7.40. The lowest BCUT2D eigenvalue weighted by Gasteiger charge is -2.33. The number of hydrogen-bond donors (Lipinski definition) is 0. The lowest BCUT2D eigenvalue weighted by Crippen LogP contribution is -2.36. The largest absolute Gasteiger partial charge is 0.448 e. The molecule has 0 saturated carbocycles. The predicted molar refractivity (Wildman–Crippen MR) is 87.7 cm³/mol. The zero-order valence-corrected chi connectivity index (χ0v) is 16.9. The Balaban J connectivity index is 4.31. The Bertz CT molecular complexity index is 324. The van der Waals surface area contributed by atoms with E-state index in [0.717, 1.165) is 11.4 Å². The van der Waals surface area contributed by atoms with E-state index >= 15 is 0 Å². The van der Waals surface area contributed by atoms with E-state index in [1.807, 2.05) is 0 Å². The number of nitrogens with zero attached hydrogens (tertiary/aromatic N) is 3. The van der Waals surface area contributed by atoms with Gasteiger partial charge in [-0.2, -0.15) is 10.1 Å². The molecule has 0 rings (SSSR count). The molecule has 0 bridgehead atoms. The Morgan fingerprint density at radius 3 is 2.33 bits per heavy atom. The topological polar surface area (TPSA) is 72.7 Å². The van der Waals surface area contributed by atoms with E-state index in [-0.39, 0.29) is 11.7 Å². The van der Waals surface area contributed by atoms with Crippen LogP contribution < -0.4 is 0 Å². The van der Waals surface area contributed by atoms with Gasteiger partial charge in [-0.1, -0.05) is 32.2 Å². The molecule has 0 fully saturated rings. The smallest absolute Gasteiger partial charge is 0.431 e. The van der Waals surface area contributed by atoms with Gasteiger partial charge in [-0.25, -0.2) is 4.79 Å². The van der Waals surface area contributed by atoms with E-state index < -0.39 is 25.6 Å². The maximum atomic E-state index is 11.3. The van der Waals surface area contributed by atoms with Crippen LogP contribution in [0.1, 0.15) is 27.2 Å². The van der Waals surface area contributed by atoms with Gasteiger partial charge >= 0.3 is 6.09 Å². The van der Waals surface area contributed by atoms with Crippen LogP contribution in [0, 0.1) is 5.41 Å². The summed E-state index contributed by atoms with van der Waals surface area (Å²) < 4.78 is 16.4. The normalized spacial score (nSPS) is 14.6. The van der Waals surface area contributed by atoms with E-state index in [1.54, 1.807) is 6.92 Å². The van der Waals surface area contributed by atoms with Crippen molar-refractivity contribution in [2.75, 3.05) is 20.2 Å². The number of hydrogen-bond acceptors (Lipinski definition) is 6. The number of ether oxygens (including phenoxy) is 1. The molecule has 0 N–H and O–H groups in total. The molecule has 0 radical (unpaired) electrons. The Kier molecular flexibility index (Phi) is 10.5. The summed E-state index contributed by atoms with van der Waals surface area (Å²) in [4.78, 5) is 11.3. The standard InChI is InChI=1S/C12H29N3O4Si2/c1-7-17-11(16)15(4)14-13-9-8-12(2,3)10(18-20-5)19-21-6/h10H,7-9,20-21H2,1-6H3. The van der Waals surface area contributed by atoms with Crippen LogP contribution in [0.3, 0.4) is 0 Å². The van der Waals surface area contributed by atoms with Gasteiger partial charge in [0, 0.05) is 12.5 Å². The molecular weight excluding hydrogens is 306 g/mol. The Hall–Kier alpha value is -0.776. The highest BCUT2D eigenvalue weighted by Crippen LogP contribution is 2.28. The molecule has 0 aromatic rings. The van der Waals surface area contributed by atoms with Gasteiger partial charge in [0.25, 0.3) is 0 Å². The molecular formula is C12H29N3O4Si2. The van der Waals surface area contributed by atoms with Gasteiger partial charge in [-0.15, -0.1) is 0 Å². The summed E-state index contributed by atoms with van der Waals surface area (Å²) in [5.74, 6) is 0. The third-order valence-electron chi connectivity index (χ3n) is 2.86. The van der Waals surface area contributed by atoms with Crippen molar-refractivity contribution in [1.82, 2.24) is 5.01 Å². The fourth-order valence-corrected chi connectivity index (χ4v) is 3.54. The van der Waals surface area contributed by atoms with Crippen molar-refractivity contribution in [2.45, 2.75) is 46.6 Å². The second kappa shape index (κ2) is 10.9. The summed E-state index contributed by atoms with van der Waals surface area (Å²) in [6, 6.07) is 0. The fraction of sp³-hybridized carbons (Fsp3) is 0.917. The van der Waals surface area contributed by atoms with Crippen LogP contribution in [0.25, 0.3) is 0 Å². The highest BCUT2D eigenvalue weighted by molar-refractivity contribution is 6.26. The molecule has 0 spiro atoms. The van der Waals surface area contributed by atoms with Gasteiger partial charge in [0.2, 0.25) is 0 Å². The average molecular weight is 336 g/mol. The highest BCUT2D eigenvalue weighted by Gasteiger charge is 2.29. The van der Waals surface area contributed by atoms with Gasteiger partial charge in [0.15, 0.2) is 19.5 Å². The number of rotatable bonds is 10. The molecule has 0 heterocycles. The molecule has 0 unspecified atom stereocenters. The van der Waals surface area contributed by atoms with Crippen LogP contribution in [-0.4, -0.2) is 57.1 Å². The van der Waals surface area contributed by atoms with Crippen LogP contribution in [0.4, 0.5) is 4.79 Å². The van der Waals surface area contributed by atoms with Crippen molar-refractivity contribution in [3.8, 4) is 0 Å². The minimum Gasteiger partial charge on any atom is -0.448 e. The molecule has 9 heteroatoms. The van der Waals surface area contributed by atoms with E-state index in [0.29, 0.717) is 13.2 Å². The molecule has 0 saturated heterocycles. The number of carbonyl (C=O) groups is 1. The van der Waals surface area contributed by atoms with Crippen LogP contribution in [0.2, 0.25) is 13.1 Å². The molecule has 0 aliphatic rings. The van der Waals surface area contributed by atoms with Gasteiger partial charge in [0.1, 0.15) is 6.29 Å². The third-order valence-corrected chi connectivity index (χ3v) is 4.13. The lowest BCUT2D eigenvalue weighted by atomic mass is 9.89. The second-order valence-electron chi connectivity index (χ2n) is 5.16. The molecule has 21 heavy (non-hydrogen) atoms. The Morgan fingerprint density at radius 1 is 1.29 bits per heavy atom. The third kappa shape index (κ3) is 8.29. The second-order valence-corrected chi connectivity index (χ2v) is 6.98. The van der Waals surface area contributed by atoms with Gasteiger partial charge < -0.3 is 13.6 Å². The summed E-state index contributed by atoms with van der Waals surface area (Å²) in [5.41, 5.74) is -0.118. The average Bonchev–Trinajstić information content (AvgIpc) is 2.43. The molecule has 0 aliphatic heterocycles. The van der Waals surface area contributed by atoms with Crippen molar-refractivity contribution < 1.29 is 18.4 Å². The fourth-order valence-electron chi connectivity index (χ4n) is 1.65. The van der Waals surface area contributed by atoms with E-state index in [1.165, 1.54) is 7.05 Å². The first kappa shape index (κ1) is 20.2. The minimum absolute atomic E-state index is 0.118. The molecule has 7 nitrogen and oxygen atoms in total. The van der Waals surface area contributed by atoms with Crippen LogP contribution in [0.5, 0.6) is 0 Å². The van der Waals surface area contributed by atoms with Gasteiger partial charge in [-0.3, -0.25) is 0 Å². The monoisotopic (exact) mass is 335 g/mol. The molecule has 0 aliphatic carbocycles. The van der Waals surface area contributed by atoms with Crippen LogP contribution in [-0.2, 0) is 13.6 Å². The Morgan fingerprint density at radius 2 is 1.86 bits per heavy atom. The lowest BCUT2D eigenvalue weighted by molar-refractivity contribution is -0.0810. The predicted octanol–water partition coefficient (Wildman–Crippen LogP) is 1.48. The van der Waals surface area contributed by atoms with Crippen molar-refractivity contribution in [3.63, 3.8) is 0 Å². The number of amides is 1. The van der Waals surface area contributed by atoms with Gasteiger partial charge in [0.05, 0.1) is 13.2 Å². The van der Waals surface area contributed by atoms with E-state index in [9.17, 15) is 4.79 Å². The summed E-state index contributed by atoms with van der Waals surface area (Å²) in [5, 5.41) is 8.94. The zero-order valence-electron chi connectivity index (χ0n) is 14.1. The molecule has 1 amide bonds. The highest BCUT2D eigenvalue weighted by atomic mass is 28.2. The van der Waals surface area contributed by atoms with Crippen LogP contribution in [0.15, 0.2) is 10.3 Å². The minimum atomic E-state index is -0.518. The first-order valence-corrected chi connectivity index (χ1v) is 11.4. The van der Waals surface area contributed by atoms with Gasteiger partial charge in [-0.05, 0) is 13.3 Å². The Labute approximate surface area is 132 Å². The molecule has 0 aromatic heterocycles. The van der Waals surface area contributed by atoms with E-state index in [2.05, 4.69) is 37.3 Å².